The van der Waals surface area contributed by atoms with Crippen molar-refractivity contribution in [3.05, 3.63) is 35.9 Å². The van der Waals surface area contributed by atoms with E-state index in [0.717, 1.165) is 52.2 Å². The van der Waals surface area contributed by atoms with Crippen molar-refractivity contribution in [3.63, 3.8) is 0 Å². The monoisotopic (exact) mass is 315 g/mol. The number of rotatable bonds is 5. The maximum atomic E-state index is 12.5. The highest BCUT2D eigenvalue weighted by atomic mass is 16.2. The second-order valence-electron chi connectivity index (χ2n) is 6.82. The third-order valence-electron chi connectivity index (χ3n) is 5.29. The third-order valence-corrected chi connectivity index (χ3v) is 5.29. The van der Waals surface area contributed by atoms with Gasteiger partial charge in [0, 0.05) is 45.8 Å². The second-order valence-corrected chi connectivity index (χ2v) is 6.82. The number of carbonyl (C=O) groups excluding carboxylic acids is 1. The molecule has 2 fully saturated rings. The van der Waals surface area contributed by atoms with Crippen LogP contribution in [0.5, 0.6) is 0 Å². The highest BCUT2D eigenvalue weighted by Crippen LogP contribution is 2.14. The topological polar surface area (TPSA) is 26.8 Å². The maximum Gasteiger partial charge on any atom is 0.239 e. The summed E-state index contributed by atoms with van der Waals surface area (Å²) in [6.45, 7) is 9.28. The number of piperazine rings is 1. The Morgan fingerprint density at radius 3 is 2.30 bits per heavy atom. The fraction of sp³-hybridized carbons (Fsp3) is 0.632. The smallest absolute Gasteiger partial charge is 0.239 e. The average Bonchev–Trinajstić information content (AvgIpc) is 3.15. The Balaban J connectivity index is 1.42. The van der Waals surface area contributed by atoms with E-state index in [2.05, 4.69) is 47.1 Å². The Bertz CT molecular complexity index is 491. The quantitative estimate of drug-likeness (QED) is 0.830. The van der Waals surface area contributed by atoms with Gasteiger partial charge in [0.25, 0.3) is 0 Å². The first-order valence-corrected chi connectivity index (χ1v) is 9.03. The van der Waals surface area contributed by atoms with Gasteiger partial charge >= 0.3 is 0 Å². The summed E-state index contributed by atoms with van der Waals surface area (Å²) in [7, 11) is 0. The van der Waals surface area contributed by atoms with Crippen molar-refractivity contribution >= 4 is 5.91 Å². The van der Waals surface area contributed by atoms with Crippen molar-refractivity contribution in [2.45, 2.75) is 32.2 Å². The lowest BCUT2D eigenvalue weighted by Gasteiger charge is -2.38. The van der Waals surface area contributed by atoms with Gasteiger partial charge in [0.2, 0.25) is 5.91 Å². The van der Waals surface area contributed by atoms with Crippen molar-refractivity contribution in [2.24, 2.45) is 0 Å². The normalized spacial score (nSPS) is 21.5. The van der Waals surface area contributed by atoms with Crippen molar-refractivity contribution in [1.29, 1.82) is 0 Å². The zero-order valence-corrected chi connectivity index (χ0v) is 14.3. The van der Waals surface area contributed by atoms with Gasteiger partial charge in [-0.25, -0.2) is 0 Å². The molecule has 2 aliphatic heterocycles. The average molecular weight is 315 g/mol. The maximum absolute atomic E-state index is 12.5. The van der Waals surface area contributed by atoms with Crippen molar-refractivity contribution in [3.8, 4) is 0 Å². The molecular formula is C19H29N3O. The standard InChI is InChI=1S/C19H29N3O/c1-17(19(23)22-10-5-6-11-22)21-15-13-20(14-16-21)12-9-18-7-3-2-4-8-18/h2-4,7-8,17H,5-6,9-16H2,1H3. The van der Waals surface area contributed by atoms with Gasteiger partial charge < -0.3 is 9.80 Å². The van der Waals surface area contributed by atoms with Gasteiger partial charge in [-0.1, -0.05) is 30.3 Å². The van der Waals surface area contributed by atoms with E-state index in [-0.39, 0.29) is 6.04 Å². The van der Waals surface area contributed by atoms with Crippen LogP contribution < -0.4 is 0 Å². The molecule has 2 aliphatic rings. The summed E-state index contributed by atoms with van der Waals surface area (Å²) < 4.78 is 0. The zero-order valence-electron chi connectivity index (χ0n) is 14.3. The van der Waals surface area contributed by atoms with Crippen LogP contribution in [0.2, 0.25) is 0 Å². The Hall–Kier alpha value is -1.39. The second kappa shape index (κ2) is 7.93. The molecule has 4 heteroatoms. The van der Waals surface area contributed by atoms with E-state index >= 15 is 0 Å². The molecule has 1 amide bonds. The van der Waals surface area contributed by atoms with Crippen LogP contribution >= 0.6 is 0 Å². The van der Waals surface area contributed by atoms with Gasteiger partial charge in [-0.05, 0) is 31.7 Å². The molecule has 2 saturated heterocycles. The van der Waals surface area contributed by atoms with E-state index in [1.165, 1.54) is 18.4 Å². The van der Waals surface area contributed by atoms with Crippen LogP contribution in [0.3, 0.4) is 0 Å². The van der Waals surface area contributed by atoms with Crippen LogP contribution in [0.15, 0.2) is 30.3 Å². The number of nitrogens with zero attached hydrogens (tertiary/aromatic N) is 3. The van der Waals surface area contributed by atoms with Crippen molar-refractivity contribution in [1.82, 2.24) is 14.7 Å². The summed E-state index contributed by atoms with van der Waals surface area (Å²) in [6, 6.07) is 10.7. The Morgan fingerprint density at radius 1 is 1.00 bits per heavy atom. The predicted octanol–water partition coefficient (Wildman–Crippen LogP) is 1.86. The summed E-state index contributed by atoms with van der Waals surface area (Å²) in [5.41, 5.74) is 1.41. The number of carbonyl (C=O) groups is 1. The first-order valence-electron chi connectivity index (χ1n) is 9.03. The Labute approximate surface area is 140 Å². The molecule has 1 atom stereocenters. The molecule has 1 aromatic carbocycles. The highest BCUT2D eigenvalue weighted by Gasteiger charge is 2.29. The number of hydrogen-bond acceptors (Lipinski definition) is 3. The number of hydrogen-bond donors (Lipinski definition) is 0. The lowest BCUT2D eigenvalue weighted by atomic mass is 10.1. The number of benzene rings is 1. The summed E-state index contributed by atoms with van der Waals surface area (Å²) in [5, 5.41) is 0. The molecule has 4 nitrogen and oxygen atoms in total. The molecule has 0 spiro atoms. The molecule has 0 N–H and O–H groups in total. The van der Waals surface area contributed by atoms with Crippen LogP contribution in [-0.4, -0.2) is 72.5 Å². The van der Waals surface area contributed by atoms with Crippen LogP contribution in [0, 0.1) is 0 Å². The molecule has 1 aromatic rings. The molecule has 0 radical (unpaired) electrons. The van der Waals surface area contributed by atoms with Gasteiger partial charge in [-0.2, -0.15) is 0 Å². The van der Waals surface area contributed by atoms with E-state index in [9.17, 15) is 4.79 Å². The third kappa shape index (κ3) is 4.33. The predicted molar refractivity (Wildman–Crippen MR) is 93.4 cm³/mol. The molecule has 0 aromatic heterocycles. The van der Waals surface area contributed by atoms with Gasteiger partial charge in [0.15, 0.2) is 0 Å². The molecule has 126 valence electrons. The first-order chi connectivity index (χ1) is 11.2. The van der Waals surface area contributed by atoms with E-state index in [0.29, 0.717) is 5.91 Å². The van der Waals surface area contributed by atoms with Crippen LogP contribution in [0.25, 0.3) is 0 Å². The first kappa shape index (κ1) is 16.5. The zero-order chi connectivity index (χ0) is 16.1. The summed E-state index contributed by atoms with van der Waals surface area (Å²) in [5.74, 6) is 0.334. The van der Waals surface area contributed by atoms with Crippen LogP contribution in [-0.2, 0) is 11.2 Å². The van der Waals surface area contributed by atoms with Crippen molar-refractivity contribution in [2.75, 3.05) is 45.8 Å². The minimum atomic E-state index is 0.0457. The molecule has 1 unspecified atom stereocenters. The largest absolute Gasteiger partial charge is 0.341 e. The van der Waals surface area contributed by atoms with Crippen molar-refractivity contribution < 1.29 is 4.79 Å². The minimum Gasteiger partial charge on any atom is -0.341 e. The molecule has 2 heterocycles. The highest BCUT2D eigenvalue weighted by molar-refractivity contribution is 5.81. The van der Waals surface area contributed by atoms with Crippen LogP contribution in [0.4, 0.5) is 0 Å². The molecule has 0 aliphatic carbocycles. The van der Waals surface area contributed by atoms with E-state index in [1.807, 2.05) is 4.90 Å². The lowest BCUT2D eigenvalue weighted by molar-refractivity contribution is -0.136. The fourth-order valence-electron chi connectivity index (χ4n) is 3.66. The summed E-state index contributed by atoms with van der Waals surface area (Å²) >= 11 is 0. The van der Waals surface area contributed by atoms with Gasteiger partial charge in [0.05, 0.1) is 6.04 Å². The number of likely N-dealkylation sites (tertiary alicyclic amines) is 1. The van der Waals surface area contributed by atoms with Gasteiger partial charge in [-0.15, -0.1) is 0 Å². The molecule has 23 heavy (non-hydrogen) atoms. The summed E-state index contributed by atoms with van der Waals surface area (Å²) in [4.78, 5) is 19.4. The Kier molecular flexibility index (Phi) is 5.68. The summed E-state index contributed by atoms with van der Waals surface area (Å²) in [6.07, 6.45) is 3.46. The SMILES string of the molecule is CC(C(=O)N1CCCC1)N1CCN(CCc2ccccc2)CC1. The van der Waals surface area contributed by atoms with Gasteiger partial charge in [0.1, 0.15) is 0 Å². The molecule has 0 saturated carbocycles. The fourth-order valence-corrected chi connectivity index (χ4v) is 3.66. The Morgan fingerprint density at radius 2 is 1.65 bits per heavy atom. The molecular weight excluding hydrogens is 286 g/mol. The lowest BCUT2D eigenvalue weighted by Crippen LogP contribution is -2.54. The van der Waals surface area contributed by atoms with E-state index in [4.69, 9.17) is 0 Å². The van der Waals surface area contributed by atoms with Gasteiger partial charge in [-0.3, -0.25) is 9.69 Å². The molecule has 0 bridgehead atoms. The van der Waals surface area contributed by atoms with E-state index in [1.54, 1.807) is 0 Å². The van der Waals surface area contributed by atoms with E-state index < -0.39 is 0 Å². The molecule has 3 rings (SSSR count). The number of amides is 1. The minimum absolute atomic E-state index is 0.0457. The van der Waals surface area contributed by atoms with Crippen LogP contribution in [0.1, 0.15) is 25.3 Å².